The van der Waals surface area contributed by atoms with Gasteiger partial charge in [-0.3, -0.25) is 4.90 Å². The lowest BCUT2D eigenvalue weighted by molar-refractivity contribution is 0.0481. The number of carbonyl (C=O) groups is 2. The number of thiophene rings is 2. The number of aliphatic hydroxyl groups excluding tert-OH is 1. The predicted molar refractivity (Wildman–Crippen MR) is 181 cm³/mol. The van der Waals surface area contributed by atoms with Crippen LogP contribution in [0.3, 0.4) is 0 Å². The third kappa shape index (κ3) is 9.52. The van der Waals surface area contributed by atoms with Gasteiger partial charge in [0.05, 0.1) is 24.1 Å². The van der Waals surface area contributed by atoms with Gasteiger partial charge in [-0.05, 0) is 82.7 Å². The Labute approximate surface area is 274 Å². The summed E-state index contributed by atoms with van der Waals surface area (Å²) in [6, 6.07) is 3.17. The Balaban J connectivity index is 2.21. The molecule has 1 atom stereocenters. The van der Waals surface area contributed by atoms with Gasteiger partial charge in [0.1, 0.15) is 27.2 Å². The molecule has 3 rings (SSSR count). The van der Waals surface area contributed by atoms with Crippen molar-refractivity contribution >= 4 is 70.8 Å². The topological polar surface area (TPSA) is 123 Å². The van der Waals surface area contributed by atoms with E-state index in [4.69, 9.17) is 25.5 Å². The standard InChI is InChI=1S/C30H45ClN4O6S2Si/c1-28(2,3)39-26(37)32-18(17-36)15-20-22(41-44(10,11)30(7,8)9)21-23(43-20)24(34-25(31)33-21)35(16-19-13-12-14-42-19)27(38)40-29(4,5)6/h12-14,18,36H,15-17H2,1-11H3,(H,32,37)/t18-/m1/s1. The molecule has 2 N–H and O–H groups in total. The highest BCUT2D eigenvalue weighted by Crippen LogP contribution is 2.46. The molecule has 0 aromatic carbocycles. The molecule has 244 valence electrons. The summed E-state index contributed by atoms with van der Waals surface area (Å²) in [6.07, 6.45) is -1.00. The normalized spacial score (nSPS) is 13.5. The van der Waals surface area contributed by atoms with Crippen LogP contribution in [-0.4, -0.2) is 59.4 Å². The molecule has 0 aliphatic rings. The molecule has 0 radical (unpaired) electrons. The number of aliphatic hydroxyl groups is 1. The maximum Gasteiger partial charge on any atom is 0.416 e. The number of hydrogen-bond acceptors (Lipinski definition) is 10. The molecule has 0 saturated heterocycles. The van der Waals surface area contributed by atoms with Crippen LogP contribution in [0.2, 0.25) is 23.4 Å². The first-order chi connectivity index (χ1) is 20.1. The van der Waals surface area contributed by atoms with Crippen LogP contribution in [-0.2, 0) is 22.4 Å². The summed E-state index contributed by atoms with van der Waals surface area (Å²) in [6.45, 7) is 21.2. The van der Waals surface area contributed by atoms with Crippen molar-refractivity contribution in [3.63, 3.8) is 0 Å². The number of anilines is 1. The summed E-state index contributed by atoms with van der Waals surface area (Å²) >= 11 is 9.39. The van der Waals surface area contributed by atoms with Crippen molar-refractivity contribution in [2.24, 2.45) is 0 Å². The largest absolute Gasteiger partial charge is 0.541 e. The van der Waals surface area contributed by atoms with Crippen LogP contribution in [0.5, 0.6) is 5.75 Å². The van der Waals surface area contributed by atoms with E-state index in [2.05, 4.69) is 49.1 Å². The SMILES string of the molecule is CC(C)(C)OC(=O)N[C@@H](CO)Cc1sc2c(N(Cc3cccs3)C(=O)OC(C)(C)C)nc(Cl)nc2c1O[Si](C)(C)C(C)(C)C. The minimum absolute atomic E-state index is 0.0535. The molecule has 0 saturated carbocycles. The number of carbonyl (C=O) groups excluding carboxylic acids is 2. The fourth-order valence-electron chi connectivity index (χ4n) is 3.75. The molecule has 10 nitrogen and oxygen atoms in total. The zero-order valence-corrected chi connectivity index (χ0v) is 30.8. The number of halogens is 1. The third-order valence-electron chi connectivity index (χ3n) is 6.81. The monoisotopic (exact) mass is 684 g/mol. The van der Waals surface area contributed by atoms with E-state index in [1.54, 1.807) is 41.5 Å². The van der Waals surface area contributed by atoms with E-state index in [1.165, 1.54) is 27.6 Å². The Morgan fingerprint density at radius 1 is 1.07 bits per heavy atom. The lowest BCUT2D eigenvalue weighted by Crippen LogP contribution is -2.44. The second kappa shape index (κ2) is 13.5. The summed E-state index contributed by atoms with van der Waals surface area (Å²) < 4.78 is 18.7. The molecule has 3 heterocycles. The fourth-order valence-corrected chi connectivity index (χ4v) is 6.96. The zero-order valence-electron chi connectivity index (χ0n) is 27.5. The van der Waals surface area contributed by atoms with Crippen molar-refractivity contribution in [3.8, 4) is 5.75 Å². The summed E-state index contributed by atoms with van der Waals surface area (Å²) in [5.41, 5.74) is -0.995. The van der Waals surface area contributed by atoms with E-state index < -0.39 is 37.7 Å². The van der Waals surface area contributed by atoms with Crippen LogP contribution in [0.25, 0.3) is 10.2 Å². The highest BCUT2D eigenvalue weighted by molar-refractivity contribution is 7.20. The lowest BCUT2D eigenvalue weighted by Gasteiger charge is -2.36. The van der Waals surface area contributed by atoms with Crippen LogP contribution in [0.1, 0.15) is 72.1 Å². The van der Waals surface area contributed by atoms with Crippen molar-refractivity contribution in [2.75, 3.05) is 11.5 Å². The van der Waals surface area contributed by atoms with E-state index in [9.17, 15) is 14.7 Å². The fraction of sp³-hybridized carbons (Fsp3) is 0.600. The molecule has 44 heavy (non-hydrogen) atoms. The van der Waals surface area contributed by atoms with Crippen molar-refractivity contribution in [2.45, 2.75) is 111 Å². The Hall–Kier alpha value is -2.45. The molecule has 0 fully saturated rings. The number of amides is 2. The number of fused-ring (bicyclic) bond motifs is 1. The summed E-state index contributed by atoms with van der Waals surface area (Å²) in [4.78, 5) is 38.5. The number of nitrogens with one attached hydrogen (secondary N) is 1. The van der Waals surface area contributed by atoms with E-state index in [0.29, 0.717) is 21.8 Å². The van der Waals surface area contributed by atoms with Crippen LogP contribution in [0.4, 0.5) is 15.4 Å². The average Bonchev–Trinajstić information content (AvgIpc) is 3.47. The van der Waals surface area contributed by atoms with Crippen LogP contribution < -0.4 is 14.6 Å². The number of alkyl carbamates (subject to hydrolysis) is 1. The Kier molecular flexibility index (Phi) is 11.0. The first kappa shape index (κ1) is 36.0. The number of ether oxygens (including phenoxy) is 2. The van der Waals surface area contributed by atoms with Gasteiger partial charge in [-0.2, -0.15) is 4.98 Å². The number of rotatable bonds is 9. The molecular weight excluding hydrogens is 640 g/mol. The molecular formula is C30H45ClN4O6S2Si. The van der Waals surface area contributed by atoms with Gasteiger partial charge in [0.15, 0.2) is 5.82 Å². The van der Waals surface area contributed by atoms with Gasteiger partial charge in [0.2, 0.25) is 5.28 Å². The zero-order chi connectivity index (χ0) is 33.3. The van der Waals surface area contributed by atoms with Gasteiger partial charge in [0, 0.05) is 11.3 Å². The highest BCUT2D eigenvalue weighted by atomic mass is 35.5. The number of nitrogens with zero attached hydrogens (tertiary/aromatic N) is 3. The van der Waals surface area contributed by atoms with Crippen molar-refractivity contribution in [1.29, 1.82) is 0 Å². The van der Waals surface area contributed by atoms with Crippen molar-refractivity contribution in [1.82, 2.24) is 15.3 Å². The molecule has 3 aromatic rings. The Morgan fingerprint density at radius 3 is 2.23 bits per heavy atom. The molecule has 0 aliphatic carbocycles. The maximum atomic E-state index is 13.6. The molecule has 0 bridgehead atoms. The first-order valence-corrected chi connectivity index (χ1v) is 19.4. The minimum atomic E-state index is -2.43. The van der Waals surface area contributed by atoms with E-state index in [0.717, 1.165) is 9.75 Å². The molecule has 14 heteroatoms. The molecule has 0 spiro atoms. The van der Waals surface area contributed by atoms with E-state index >= 15 is 0 Å². The van der Waals surface area contributed by atoms with Gasteiger partial charge < -0.3 is 24.3 Å². The Bertz CT molecular complexity index is 1460. The number of hydrogen-bond donors (Lipinski definition) is 2. The van der Waals surface area contributed by atoms with E-state index in [-0.39, 0.29) is 29.9 Å². The second-order valence-corrected chi connectivity index (χ2v) is 21.3. The maximum absolute atomic E-state index is 13.6. The summed E-state index contributed by atoms with van der Waals surface area (Å²) in [5, 5.41) is 14.8. The van der Waals surface area contributed by atoms with Crippen molar-refractivity contribution in [3.05, 3.63) is 32.6 Å². The van der Waals surface area contributed by atoms with Crippen LogP contribution in [0.15, 0.2) is 17.5 Å². The minimum Gasteiger partial charge on any atom is -0.541 e. The lowest BCUT2D eigenvalue weighted by atomic mass is 10.1. The first-order valence-electron chi connectivity index (χ1n) is 14.4. The Morgan fingerprint density at radius 2 is 1.70 bits per heavy atom. The van der Waals surface area contributed by atoms with Gasteiger partial charge in [-0.15, -0.1) is 22.7 Å². The third-order valence-corrected chi connectivity index (χ3v) is 13.3. The summed E-state index contributed by atoms with van der Waals surface area (Å²) in [7, 11) is -2.43. The molecule has 3 aromatic heterocycles. The second-order valence-electron chi connectivity index (χ2n) is 14.1. The van der Waals surface area contributed by atoms with Gasteiger partial charge in [0.25, 0.3) is 8.32 Å². The van der Waals surface area contributed by atoms with Crippen LogP contribution in [0, 0.1) is 0 Å². The van der Waals surface area contributed by atoms with Crippen LogP contribution >= 0.6 is 34.3 Å². The smallest absolute Gasteiger partial charge is 0.416 e. The molecule has 2 amide bonds. The van der Waals surface area contributed by atoms with Crippen molar-refractivity contribution < 1.29 is 28.6 Å². The molecule has 0 aliphatic heterocycles. The van der Waals surface area contributed by atoms with E-state index in [1.807, 2.05) is 17.5 Å². The van der Waals surface area contributed by atoms with Gasteiger partial charge >= 0.3 is 12.2 Å². The van der Waals surface area contributed by atoms with Gasteiger partial charge in [-0.25, -0.2) is 14.6 Å². The quantitative estimate of drug-likeness (QED) is 0.171. The molecule has 0 unspecified atom stereocenters. The highest BCUT2D eigenvalue weighted by Gasteiger charge is 2.41. The average molecular weight is 685 g/mol. The summed E-state index contributed by atoms with van der Waals surface area (Å²) in [5.74, 6) is 0.798. The number of aromatic nitrogens is 2. The van der Waals surface area contributed by atoms with Gasteiger partial charge in [-0.1, -0.05) is 26.8 Å². The predicted octanol–water partition coefficient (Wildman–Crippen LogP) is 8.16.